The molecule has 0 aliphatic heterocycles. The number of hydrogen-bond acceptors (Lipinski definition) is 5. The first-order chi connectivity index (χ1) is 9.51. The van der Waals surface area contributed by atoms with E-state index in [1.807, 2.05) is 24.5 Å². The smallest absolute Gasteiger partial charge is 0.344 e. The molecule has 1 aromatic carbocycles. The summed E-state index contributed by atoms with van der Waals surface area (Å²) in [5, 5.41) is 11.0. The Morgan fingerprint density at radius 3 is 2.80 bits per heavy atom. The van der Waals surface area contributed by atoms with Crippen molar-refractivity contribution in [3.8, 4) is 5.75 Å². The van der Waals surface area contributed by atoms with Gasteiger partial charge < -0.3 is 14.4 Å². The van der Waals surface area contributed by atoms with Crippen LogP contribution in [0.15, 0.2) is 23.1 Å². The minimum Gasteiger partial charge on any atom is -0.506 e. The summed E-state index contributed by atoms with van der Waals surface area (Å²) < 4.78 is 6.94. The van der Waals surface area contributed by atoms with E-state index in [0.29, 0.717) is 5.39 Å². The molecule has 1 heterocycles. The van der Waals surface area contributed by atoms with Crippen LogP contribution in [-0.2, 0) is 11.8 Å². The van der Waals surface area contributed by atoms with Crippen LogP contribution in [0.25, 0.3) is 10.9 Å². The summed E-state index contributed by atoms with van der Waals surface area (Å²) in [6.45, 7) is 1.95. The number of thioether (sulfide) groups is 1. The second kappa shape index (κ2) is 5.85. The molecule has 0 unspecified atom stereocenters. The molecule has 4 nitrogen and oxygen atoms in total. The highest BCUT2D eigenvalue weighted by atomic mass is 32.2. The number of esters is 1. The molecule has 0 saturated heterocycles. The van der Waals surface area contributed by atoms with Crippen molar-refractivity contribution in [2.45, 2.75) is 11.8 Å². The number of fused-ring (bicyclic) bond motifs is 1. The Balaban J connectivity index is 2.83. The summed E-state index contributed by atoms with van der Waals surface area (Å²) in [6.07, 6.45) is 1.95. The zero-order valence-corrected chi connectivity index (χ0v) is 13.1. The van der Waals surface area contributed by atoms with Gasteiger partial charge in [0, 0.05) is 17.3 Å². The Morgan fingerprint density at radius 2 is 2.20 bits per heavy atom. The predicted octanol–water partition coefficient (Wildman–Crippen LogP) is 3.51. The molecule has 6 heteroatoms. The highest BCUT2D eigenvalue weighted by Crippen LogP contribution is 2.32. The first kappa shape index (κ1) is 14.9. The van der Waals surface area contributed by atoms with Gasteiger partial charge in [-0.25, -0.2) is 4.79 Å². The van der Waals surface area contributed by atoms with Gasteiger partial charge in [0.1, 0.15) is 16.0 Å². The zero-order valence-electron chi connectivity index (χ0n) is 11.5. The number of nitrogens with zero attached hydrogens (tertiary/aromatic N) is 1. The molecule has 0 aliphatic carbocycles. The van der Waals surface area contributed by atoms with Crippen molar-refractivity contribution >= 4 is 40.9 Å². The number of aryl methyl sites for hydroxylation is 1. The summed E-state index contributed by atoms with van der Waals surface area (Å²) in [7, 11) is 1.77. The maximum atomic E-state index is 12.0. The summed E-state index contributed by atoms with van der Waals surface area (Å²) in [5.41, 5.74) is 0.827. The average molecular weight is 309 g/mol. The fourth-order valence-electron chi connectivity index (χ4n) is 2.02. The van der Waals surface area contributed by atoms with E-state index in [0.717, 1.165) is 10.4 Å². The van der Waals surface area contributed by atoms with Crippen LogP contribution in [0.1, 0.15) is 17.3 Å². The van der Waals surface area contributed by atoms with Crippen molar-refractivity contribution in [1.82, 2.24) is 4.57 Å². The SMILES string of the molecule is CCOC(=O)c1c(O)c2cc(SC)ccc2n(C)c1=S. The number of hydrogen-bond donors (Lipinski definition) is 1. The second-order valence-corrected chi connectivity index (χ2v) is 5.46. The monoisotopic (exact) mass is 309 g/mol. The molecular weight excluding hydrogens is 294 g/mol. The van der Waals surface area contributed by atoms with Crippen molar-refractivity contribution < 1.29 is 14.6 Å². The Bertz CT molecular complexity index is 737. The van der Waals surface area contributed by atoms with E-state index in [9.17, 15) is 9.90 Å². The lowest BCUT2D eigenvalue weighted by Gasteiger charge is -2.13. The lowest BCUT2D eigenvalue weighted by Crippen LogP contribution is -2.10. The number of aromatic hydroxyl groups is 1. The predicted molar refractivity (Wildman–Crippen MR) is 83.2 cm³/mol. The molecule has 0 atom stereocenters. The summed E-state index contributed by atoms with van der Waals surface area (Å²) in [6, 6.07) is 5.67. The van der Waals surface area contributed by atoms with Crippen LogP contribution >= 0.6 is 24.0 Å². The molecule has 1 N–H and O–H groups in total. The molecule has 0 fully saturated rings. The van der Waals surface area contributed by atoms with Crippen LogP contribution in [0.4, 0.5) is 0 Å². The van der Waals surface area contributed by atoms with E-state index in [-0.39, 0.29) is 22.6 Å². The van der Waals surface area contributed by atoms with E-state index in [1.165, 1.54) is 0 Å². The number of carbonyl (C=O) groups excluding carboxylic acids is 1. The Morgan fingerprint density at radius 1 is 1.50 bits per heavy atom. The number of carbonyl (C=O) groups is 1. The maximum absolute atomic E-state index is 12.0. The number of pyridine rings is 1. The minimum atomic E-state index is -0.595. The third-order valence-electron chi connectivity index (χ3n) is 3.06. The molecule has 2 aromatic rings. The fourth-order valence-corrected chi connectivity index (χ4v) is 2.74. The van der Waals surface area contributed by atoms with E-state index >= 15 is 0 Å². The number of ether oxygens (including phenoxy) is 1. The molecule has 0 radical (unpaired) electrons. The van der Waals surface area contributed by atoms with Gasteiger partial charge >= 0.3 is 5.97 Å². The maximum Gasteiger partial charge on any atom is 0.344 e. The number of rotatable bonds is 3. The van der Waals surface area contributed by atoms with Gasteiger partial charge in [0.25, 0.3) is 0 Å². The molecule has 2 rings (SSSR count). The van der Waals surface area contributed by atoms with Crippen molar-refractivity contribution in [1.29, 1.82) is 0 Å². The molecule has 20 heavy (non-hydrogen) atoms. The first-order valence-electron chi connectivity index (χ1n) is 6.08. The first-order valence-corrected chi connectivity index (χ1v) is 7.71. The largest absolute Gasteiger partial charge is 0.506 e. The summed E-state index contributed by atoms with van der Waals surface area (Å²) >= 11 is 6.82. The lowest BCUT2D eigenvalue weighted by atomic mass is 10.1. The van der Waals surface area contributed by atoms with Gasteiger partial charge in [0.05, 0.1) is 12.1 Å². The minimum absolute atomic E-state index is 0.0510. The van der Waals surface area contributed by atoms with Crippen molar-refractivity contribution in [2.75, 3.05) is 12.9 Å². The van der Waals surface area contributed by atoms with Gasteiger partial charge in [-0.05, 0) is 31.4 Å². The van der Waals surface area contributed by atoms with Gasteiger partial charge in [-0.2, -0.15) is 0 Å². The average Bonchev–Trinajstić information content (AvgIpc) is 2.45. The molecule has 0 bridgehead atoms. The normalized spacial score (nSPS) is 10.8. The topological polar surface area (TPSA) is 51.5 Å². The van der Waals surface area contributed by atoms with E-state index < -0.39 is 5.97 Å². The van der Waals surface area contributed by atoms with Crippen LogP contribution in [0.2, 0.25) is 0 Å². The van der Waals surface area contributed by atoms with Crippen LogP contribution in [0.3, 0.4) is 0 Å². The molecule has 0 spiro atoms. The quantitative estimate of drug-likeness (QED) is 0.534. The standard InChI is InChI=1S/C14H15NO3S2/c1-4-18-14(17)11-12(16)9-7-8(20-3)5-6-10(9)15(2)13(11)19/h5-7,16H,4H2,1-3H3. The molecule has 0 saturated carbocycles. The van der Waals surface area contributed by atoms with Gasteiger partial charge in [0.15, 0.2) is 0 Å². The third kappa shape index (κ3) is 2.41. The van der Waals surface area contributed by atoms with E-state index in [2.05, 4.69) is 0 Å². The van der Waals surface area contributed by atoms with Crippen molar-refractivity contribution in [2.24, 2.45) is 7.05 Å². The summed E-state index contributed by atoms with van der Waals surface area (Å²) in [5.74, 6) is -0.709. The molecule has 0 aliphatic rings. The Labute approximate surface area is 126 Å². The van der Waals surface area contributed by atoms with E-state index in [4.69, 9.17) is 17.0 Å². The van der Waals surface area contributed by atoms with Crippen LogP contribution < -0.4 is 0 Å². The molecule has 1 aromatic heterocycles. The lowest BCUT2D eigenvalue weighted by molar-refractivity contribution is 0.0521. The van der Waals surface area contributed by atoms with Gasteiger partial charge in [-0.15, -0.1) is 11.8 Å². The summed E-state index contributed by atoms with van der Waals surface area (Å²) in [4.78, 5) is 13.0. The number of aromatic nitrogens is 1. The van der Waals surface area contributed by atoms with Crippen molar-refractivity contribution in [3.63, 3.8) is 0 Å². The number of benzene rings is 1. The molecular formula is C14H15NO3S2. The fraction of sp³-hybridized carbons (Fsp3) is 0.286. The Hall–Kier alpha value is -1.53. The second-order valence-electron chi connectivity index (χ2n) is 4.19. The van der Waals surface area contributed by atoms with Crippen LogP contribution in [-0.4, -0.2) is 28.5 Å². The highest BCUT2D eigenvalue weighted by molar-refractivity contribution is 7.98. The van der Waals surface area contributed by atoms with Gasteiger partial charge in [-0.3, -0.25) is 0 Å². The van der Waals surface area contributed by atoms with Gasteiger partial charge in [-0.1, -0.05) is 12.2 Å². The van der Waals surface area contributed by atoms with Crippen LogP contribution in [0.5, 0.6) is 5.75 Å². The molecule has 106 valence electrons. The zero-order chi connectivity index (χ0) is 14.9. The third-order valence-corrected chi connectivity index (χ3v) is 4.26. The van der Waals surface area contributed by atoms with Crippen molar-refractivity contribution in [3.05, 3.63) is 28.4 Å². The van der Waals surface area contributed by atoms with Gasteiger partial charge in [0.2, 0.25) is 0 Å². The van der Waals surface area contributed by atoms with Crippen LogP contribution in [0, 0.1) is 4.64 Å². The van der Waals surface area contributed by atoms with E-state index in [1.54, 1.807) is 30.3 Å². The molecule has 0 amide bonds. The highest BCUT2D eigenvalue weighted by Gasteiger charge is 2.20. The Kier molecular flexibility index (Phi) is 4.35.